The van der Waals surface area contributed by atoms with Crippen molar-refractivity contribution in [2.45, 2.75) is 43.0 Å². The van der Waals surface area contributed by atoms with E-state index in [1.807, 2.05) is 0 Å². The first-order valence-electron chi connectivity index (χ1n) is 7.37. The maximum absolute atomic E-state index is 12.8. The Morgan fingerprint density at radius 2 is 1.96 bits per heavy atom. The number of benzene rings is 1. The fourth-order valence-electron chi connectivity index (χ4n) is 2.88. The van der Waals surface area contributed by atoms with E-state index in [1.54, 1.807) is 0 Å². The van der Waals surface area contributed by atoms with E-state index in [1.165, 1.54) is 32.4 Å². The highest BCUT2D eigenvalue weighted by atomic mass is 32.2. The van der Waals surface area contributed by atoms with Crippen LogP contribution in [0.4, 0.5) is 0 Å². The van der Waals surface area contributed by atoms with E-state index in [0.717, 1.165) is 30.2 Å². The van der Waals surface area contributed by atoms with Gasteiger partial charge in [-0.3, -0.25) is 9.63 Å². The molecule has 128 valence electrons. The standard InChI is InChI=1S/C15H21NO6S/c1-21-14-8-7-13(9-11(14)10-15(17)18)23(19,20)16(22-2)12-5-3-4-6-12/h7-9,12H,3-6,10H2,1-2H3,(H,17,18). The number of ether oxygens (including phenoxy) is 1. The molecule has 2 rings (SSSR count). The zero-order valence-corrected chi connectivity index (χ0v) is 14.0. The van der Waals surface area contributed by atoms with Crippen molar-refractivity contribution in [1.82, 2.24) is 4.47 Å². The van der Waals surface area contributed by atoms with Gasteiger partial charge in [0, 0.05) is 5.56 Å². The molecule has 0 amide bonds. The number of aliphatic carboxylic acids is 1. The summed E-state index contributed by atoms with van der Waals surface area (Å²) in [6.07, 6.45) is 3.12. The van der Waals surface area contributed by atoms with Gasteiger partial charge in [0.15, 0.2) is 0 Å². The molecule has 1 fully saturated rings. The predicted octanol–water partition coefficient (Wildman–Crippen LogP) is 1.82. The van der Waals surface area contributed by atoms with Gasteiger partial charge in [0.1, 0.15) is 5.75 Å². The topological polar surface area (TPSA) is 93.1 Å². The fraction of sp³-hybridized carbons (Fsp3) is 0.533. The first-order valence-corrected chi connectivity index (χ1v) is 8.81. The number of carbonyl (C=O) groups is 1. The number of nitrogens with zero attached hydrogens (tertiary/aromatic N) is 1. The second-order valence-corrected chi connectivity index (χ2v) is 7.21. The van der Waals surface area contributed by atoms with Gasteiger partial charge in [0.25, 0.3) is 10.0 Å². The maximum atomic E-state index is 12.8. The summed E-state index contributed by atoms with van der Waals surface area (Å²) in [5, 5.41) is 8.97. The third-order valence-corrected chi connectivity index (χ3v) is 5.70. The summed E-state index contributed by atoms with van der Waals surface area (Å²) in [5.41, 5.74) is 0.309. The minimum atomic E-state index is -3.86. The van der Waals surface area contributed by atoms with E-state index in [-0.39, 0.29) is 17.4 Å². The summed E-state index contributed by atoms with van der Waals surface area (Å²) in [5.74, 6) is -0.714. The molecule has 0 unspecified atom stereocenters. The third kappa shape index (κ3) is 3.82. The van der Waals surface area contributed by atoms with Gasteiger partial charge in [-0.05, 0) is 31.0 Å². The van der Waals surface area contributed by atoms with Gasteiger partial charge >= 0.3 is 5.97 Å². The molecular formula is C15H21NO6S. The molecule has 1 aromatic rings. The third-order valence-electron chi connectivity index (χ3n) is 3.93. The first kappa shape index (κ1) is 17.7. The van der Waals surface area contributed by atoms with Crippen molar-refractivity contribution in [2.75, 3.05) is 14.2 Å². The van der Waals surface area contributed by atoms with Crippen LogP contribution in [-0.2, 0) is 26.1 Å². The van der Waals surface area contributed by atoms with E-state index in [9.17, 15) is 13.2 Å². The Morgan fingerprint density at radius 3 is 2.48 bits per heavy atom. The lowest BCUT2D eigenvalue weighted by atomic mass is 10.1. The van der Waals surface area contributed by atoms with Crippen molar-refractivity contribution in [3.05, 3.63) is 23.8 Å². The molecular weight excluding hydrogens is 322 g/mol. The van der Waals surface area contributed by atoms with Crippen LogP contribution in [-0.4, -0.2) is 44.2 Å². The average molecular weight is 343 g/mol. The van der Waals surface area contributed by atoms with Crippen LogP contribution in [0.5, 0.6) is 5.75 Å². The van der Waals surface area contributed by atoms with Crippen LogP contribution in [0.25, 0.3) is 0 Å². The molecule has 0 saturated heterocycles. The molecule has 0 radical (unpaired) electrons. The highest BCUT2D eigenvalue weighted by Gasteiger charge is 2.34. The van der Waals surface area contributed by atoms with Gasteiger partial charge in [-0.15, -0.1) is 0 Å². The van der Waals surface area contributed by atoms with Gasteiger partial charge in [0.2, 0.25) is 0 Å². The Morgan fingerprint density at radius 1 is 1.30 bits per heavy atom. The van der Waals surface area contributed by atoms with Crippen LogP contribution in [0, 0.1) is 0 Å². The molecule has 1 aromatic carbocycles. The van der Waals surface area contributed by atoms with Gasteiger partial charge in [-0.25, -0.2) is 8.42 Å². The minimum absolute atomic E-state index is 0.00306. The predicted molar refractivity (Wildman–Crippen MR) is 82.6 cm³/mol. The van der Waals surface area contributed by atoms with Crippen LogP contribution in [0.2, 0.25) is 0 Å². The van der Waals surface area contributed by atoms with E-state index < -0.39 is 16.0 Å². The van der Waals surface area contributed by atoms with Crippen molar-refractivity contribution in [3.8, 4) is 5.75 Å². The lowest BCUT2D eigenvalue weighted by molar-refractivity contribution is -0.136. The Labute approximate surface area is 135 Å². The molecule has 23 heavy (non-hydrogen) atoms. The number of sulfonamides is 1. The number of hydrogen-bond acceptors (Lipinski definition) is 5. The summed E-state index contributed by atoms with van der Waals surface area (Å²) < 4.78 is 31.7. The number of hydrogen-bond donors (Lipinski definition) is 1. The monoisotopic (exact) mass is 343 g/mol. The van der Waals surface area contributed by atoms with Crippen LogP contribution >= 0.6 is 0 Å². The van der Waals surface area contributed by atoms with E-state index in [0.29, 0.717) is 11.3 Å². The Bertz CT molecular complexity index is 667. The SMILES string of the molecule is COc1ccc(S(=O)(=O)N(OC)C2CCCC2)cc1CC(=O)O. The van der Waals surface area contributed by atoms with E-state index >= 15 is 0 Å². The molecule has 1 aliphatic carbocycles. The van der Waals surface area contributed by atoms with Gasteiger partial charge < -0.3 is 9.84 Å². The second kappa shape index (κ2) is 7.29. The smallest absolute Gasteiger partial charge is 0.307 e. The van der Waals surface area contributed by atoms with E-state index in [4.69, 9.17) is 14.7 Å². The average Bonchev–Trinajstić information content (AvgIpc) is 3.01. The van der Waals surface area contributed by atoms with Crippen molar-refractivity contribution < 1.29 is 27.9 Å². The highest BCUT2D eigenvalue weighted by molar-refractivity contribution is 7.89. The lowest BCUT2D eigenvalue weighted by Crippen LogP contribution is -2.37. The summed E-state index contributed by atoms with van der Waals surface area (Å²) in [7, 11) is -1.11. The molecule has 0 aliphatic heterocycles. The summed E-state index contributed by atoms with van der Waals surface area (Å²) >= 11 is 0. The molecule has 0 spiro atoms. The molecule has 0 heterocycles. The van der Waals surface area contributed by atoms with Gasteiger partial charge in [-0.2, -0.15) is 0 Å². The number of hydroxylamine groups is 1. The lowest BCUT2D eigenvalue weighted by Gasteiger charge is -2.25. The summed E-state index contributed by atoms with van der Waals surface area (Å²) in [6.45, 7) is 0. The number of carboxylic acids is 1. The van der Waals surface area contributed by atoms with Crippen LogP contribution in [0.15, 0.2) is 23.1 Å². The van der Waals surface area contributed by atoms with Crippen molar-refractivity contribution in [3.63, 3.8) is 0 Å². The molecule has 0 atom stereocenters. The zero-order chi connectivity index (χ0) is 17.0. The van der Waals surface area contributed by atoms with Gasteiger partial charge in [-0.1, -0.05) is 17.3 Å². The Hall–Kier alpha value is -1.64. The quantitative estimate of drug-likeness (QED) is 0.759. The first-order chi connectivity index (χ1) is 10.9. The highest BCUT2D eigenvalue weighted by Crippen LogP contribution is 2.30. The molecule has 0 aromatic heterocycles. The Kier molecular flexibility index (Phi) is 5.61. The minimum Gasteiger partial charge on any atom is -0.496 e. The molecule has 1 N–H and O–H groups in total. The molecule has 7 nitrogen and oxygen atoms in total. The van der Waals surface area contributed by atoms with Crippen LogP contribution in [0.1, 0.15) is 31.2 Å². The van der Waals surface area contributed by atoms with Crippen molar-refractivity contribution >= 4 is 16.0 Å². The summed E-state index contributed by atoms with van der Waals surface area (Å²) in [6, 6.07) is 4.02. The van der Waals surface area contributed by atoms with Crippen LogP contribution in [0.3, 0.4) is 0 Å². The fourth-order valence-corrected chi connectivity index (χ4v) is 4.42. The zero-order valence-electron chi connectivity index (χ0n) is 13.2. The van der Waals surface area contributed by atoms with Crippen LogP contribution < -0.4 is 4.74 Å². The Balaban J connectivity index is 2.40. The normalized spacial score (nSPS) is 16.0. The maximum Gasteiger partial charge on any atom is 0.307 e. The largest absolute Gasteiger partial charge is 0.496 e. The van der Waals surface area contributed by atoms with E-state index in [2.05, 4.69) is 0 Å². The second-order valence-electron chi connectivity index (χ2n) is 5.43. The number of methoxy groups -OCH3 is 1. The molecule has 1 saturated carbocycles. The molecule has 1 aliphatic rings. The number of rotatable bonds is 7. The molecule has 8 heteroatoms. The molecule has 0 bridgehead atoms. The summed E-state index contributed by atoms with van der Waals surface area (Å²) in [4.78, 5) is 16.1. The van der Waals surface area contributed by atoms with Crippen molar-refractivity contribution in [1.29, 1.82) is 0 Å². The van der Waals surface area contributed by atoms with Crippen molar-refractivity contribution in [2.24, 2.45) is 0 Å². The van der Waals surface area contributed by atoms with Gasteiger partial charge in [0.05, 0.1) is 31.6 Å². The number of carboxylic acid groups (broad SMARTS) is 1.